The number of thiazole rings is 1. The van der Waals surface area contributed by atoms with Crippen LogP contribution in [0.3, 0.4) is 0 Å². The third kappa shape index (κ3) is 4.45. The number of carbonyl (C=O) groups excluding carboxylic acids is 1. The molecule has 0 saturated carbocycles. The predicted octanol–water partition coefficient (Wildman–Crippen LogP) is 1.73. The van der Waals surface area contributed by atoms with Gasteiger partial charge in [0.05, 0.1) is 24.1 Å². The number of nitrogens with two attached hydrogens (primary N) is 3. The van der Waals surface area contributed by atoms with Crippen molar-refractivity contribution in [3.8, 4) is 10.6 Å². The van der Waals surface area contributed by atoms with Crippen molar-refractivity contribution in [2.45, 2.75) is 25.4 Å². The molecule has 1 amide bonds. The van der Waals surface area contributed by atoms with Crippen LogP contribution in [0, 0.1) is 0 Å². The fraction of sp³-hybridized carbons (Fsp3) is 0.350. The van der Waals surface area contributed by atoms with Crippen molar-refractivity contribution >= 4 is 34.3 Å². The molecule has 7 N–H and O–H groups in total. The monoisotopic (exact) mass is 426 g/mol. The molecule has 4 rings (SSSR count). The van der Waals surface area contributed by atoms with E-state index in [0.717, 1.165) is 42.2 Å². The Balaban J connectivity index is 1.53. The summed E-state index contributed by atoms with van der Waals surface area (Å²) in [5.41, 5.74) is 21.1. The smallest absolute Gasteiger partial charge is 0.275 e. The van der Waals surface area contributed by atoms with Crippen molar-refractivity contribution in [1.82, 2.24) is 14.8 Å². The predicted molar refractivity (Wildman–Crippen MR) is 121 cm³/mol. The molecule has 1 unspecified atom stereocenters. The molecule has 3 aromatic rings. The quantitative estimate of drug-likeness (QED) is 0.440. The van der Waals surface area contributed by atoms with Gasteiger partial charge in [-0.3, -0.25) is 9.48 Å². The zero-order valence-corrected chi connectivity index (χ0v) is 17.4. The first kappa shape index (κ1) is 20.3. The molecule has 0 radical (unpaired) electrons. The molecule has 9 nitrogen and oxygen atoms in total. The Hall–Kier alpha value is -2.95. The number of nitrogens with one attached hydrogen (secondary N) is 1. The fourth-order valence-electron chi connectivity index (χ4n) is 3.58. The van der Waals surface area contributed by atoms with Crippen LogP contribution in [0.5, 0.6) is 0 Å². The number of anilines is 3. The molecule has 3 heterocycles. The second-order valence-electron chi connectivity index (χ2n) is 7.40. The van der Waals surface area contributed by atoms with Gasteiger partial charge in [0.15, 0.2) is 0 Å². The van der Waals surface area contributed by atoms with Gasteiger partial charge < -0.3 is 27.4 Å². The van der Waals surface area contributed by atoms with Gasteiger partial charge in [-0.1, -0.05) is 0 Å². The van der Waals surface area contributed by atoms with E-state index < -0.39 is 0 Å². The first-order valence-electron chi connectivity index (χ1n) is 9.93. The lowest BCUT2D eigenvalue weighted by Crippen LogP contribution is -2.43. The molecule has 158 valence electrons. The molecule has 1 saturated heterocycles. The molecule has 1 atom stereocenters. The summed E-state index contributed by atoms with van der Waals surface area (Å²) in [6.45, 7) is 2.79. The van der Waals surface area contributed by atoms with Crippen LogP contribution >= 0.6 is 11.3 Å². The number of benzene rings is 1. The van der Waals surface area contributed by atoms with Crippen LogP contribution in [-0.4, -0.2) is 46.3 Å². The molecular weight excluding hydrogens is 400 g/mol. The second kappa shape index (κ2) is 8.82. The number of piperidine rings is 1. The van der Waals surface area contributed by atoms with Crippen LogP contribution in [0.4, 0.5) is 17.1 Å². The van der Waals surface area contributed by atoms with Gasteiger partial charge in [-0.15, -0.1) is 11.3 Å². The summed E-state index contributed by atoms with van der Waals surface area (Å²) in [5.74, 6) is -0.278. The van der Waals surface area contributed by atoms with Gasteiger partial charge in [0.25, 0.3) is 5.91 Å². The Labute approximate surface area is 178 Å². The maximum absolute atomic E-state index is 12.9. The summed E-state index contributed by atoms with van der Waals surface area (Å²) in [4.78, 5) is 19.6. The van der Waals surface area contributed by atoms with Gasteiger partial charge in [0.1, 0.15) is 10.7 Å². The lowest BCUT2D eigenvalue weighted by Gasteiger charge is -2.34. The van der Waals surface area contributed by atoms with Crippen LogP contribution < -0.4 is 27.4 Å². The highest BCUT2D eigenvalue weighted by molar-refractivity contribution is 7.13. The first-order chi connectivity index (χ1) is 14.5. The standard InChI is InChI=1S/C20H26N8OS/c21-5-7-28-10-13(9-24-28)20-26-17(12-30-20)19(29)25-16-8-14(22)3-4-18(16)27-6-1-2-15(23)11-27/h3-4,8-10,12,15H,1-2,5-7,11,21-23H2,(H,25,29). The third-order valence-electron chi connectivity index (χ3n) is 5.04. The number of carbonyl (C=O) groups is 1. The number of hydrogen-bond donors (Lipinski definition) is 4. The number of nitrogen functional groups attached to an aromatic ring is 1. The summed E-state index contributed by atoms with van der Waals surface area (Å²) in [6, 6.07) is 5.67. The highest BCUT2D eigenvalue weighted by Gasteiger charge is 2.21. The number of amides is 1. The Morgan fingerprint density at radius 2 is 2.23 bits per heavy atom. The topological polar surface area (TPSA) is 141 Å². The first-order valence-corrected chi connectivity index (χ1v) is 10.8. The number of rotatable bonds is 6. The molecule has 0 bridgehead atoms. The zero-order valence-electron chi connectivity index (χ0n) is 16.6. The minimum absolute atomic E-state index is 0.126. The molecule has 10 heteroatoms. The zero-order chi connectivity index (χ0) is 21.1. The summed E-state index contributed by atoms with van der Waals surface area (Å²) < 4.78 is 1.76. The lowest BCUT2D eigenvalue weighted by atomic mass is 10.1. The normalized spacial score (nSPS) is 16.6. The van der Waals surface area contributed by atoms with Gasteiger partial charge in [0.2, 0.25) is 0 Å². The van der Waals surface area contributed by atoms with Crippen molar-refractivity contribution in [1.29, 1.82) is 0 Å². The van der Waals surface area contributed by atoms with E-state index in [1.807, 2.05) is 18.3 Å². The molecule has 1 aromatic carbocycles. The van der Waals surface area contributed by atoms with Gasteiger partial charge >= 0.3 is 0 Å². The van der Waals surface area contributed by atoms with E-state index in [0.29, 0.717) is 30.2 Å². The van der Waals surface area contributed by atoms with Crippen molar-refractivity contribution in [2.24, 2.45) is 11.5 Å². The van der Waals surface area contributed by atoms with Gasteiger partial charge in [-0.2, -0.15) is 5.10 Å². The molecule has 30 heavy (non-hydrogen) atoms. The van der Waals surface area contributed by atoms with E-state index in [1.54, 1.807) is 22.3 Å². The van der Waals surface area contributed by atoms with E-state index in [1.165, 1.54) is 11.3 Å². The van der Waals surface area contributed by atoms with Crippen LogP contribution in [-0.2, 0) is 6.54 Å². The summed E-state index contributed by atoms with van der Waals surface area (Å²) in [6.07, 6.45) is 5.64. The molecular formula is C20H26N8OS. The number of aromatic nitrogens is 3. The molecule has 0 spiro atoms. The molecule has 1 aliphatic rings. The Bertz CT molecular complexity index is 1030. The largest absolute Gasteiger partial charge is 0.399 e. The maximum Gasteiger partial charge on any atom is 0.275 e. The van der Waals surface area contributed by atoms with Crippen molar-refractivity contribution in [3.05, 3.63) is 41.7 Å². The van der Waals surface area contributed by atoms with Crippen molar-refractivity contribution in [2.75, 3.05) is 35.6 Å². The van der Waals surface area contributed by atoms with Crippen LogP contribution in [0.2, 0.25) is 0 Å². The van der Waals surface area contributed by atoms with E-state index in [2.05, 4.69) is 20.3 Å². The average Bonchev–Trinajstić information content (AvgIpc) is 3.38. The van der Waals surface area contributed by atoms with E-state index in [9.17, 15) is 4.79 Å². The molecule has 0 aliphatic carbocycles. The number of hydrogen-bond acceptors (Lipinski definition) is 8. The molecule has 1 aliphatic heterocycles. The van der Waals surface area contributed by atoms with Crippen molar-refractivity contribution < 1.29 is 4.79 Å². The van der Waals surface area contributed by atoms with Crippen molar-refractivity contribution in [3.63, 3.8) is 0 Å². The lowest BCUT2D eigenvalue weighted by molar-refractivity contribution is 0.102. The second-order valence-corrected chi connectivity index (χ2v) is 8.26. The fourth-order valence-corrected chi connectivity index (χ4v) is 4.36. The Kier molecular flexibility index (Phi) is 5.98. The molecule has 2 aromatic heterocycles. The summed E-state index contributed by atoms with van der Waals surface area (Å²) in [7, 11) is 0. The highest BCUT2D eigenvalue weighted by Crippen LogP contribution is 2.31. The van der Waals surface area contributed by atoms with Crippen LogP contribution in [0.1, 0.15) is 23.3 Å². The van der Waals surface area contributed by atoms with Gasteiger partial charge in [-0.25, -0.2) is 4.98 Å². The van der Waals surface area contributed by atoms with Gasteiger partial charge in [-0.05, 0) is 31.0 Å². The van der Waals surface area contributed by atoms with Crippen LogP contribution in [0.15, 0.2) is 36.0 Å². The summed E-state index contributed by atoms with van der Waals surface area (Å²) >= 11 is 1.40. The van der Waals surface area contributed by atoms with E-state index in [-0.39, 0.29) is 11.9 Å². The van der Waals surface area contributed by atoms with E-state index in [4.69, 9.17) is 17.2 Å². The van der Waals surface area contributed by atoms with Gasteiger partial charge in [0, 0.05) is 48.5 Å². The average molecular weight is 427 g/mol. The minimum Gasteiger partial charge on any atom is -0.399 e. The number of nitrogens with zero attached hydrogens (tertiary/aromatic N) is 4. The Morgan fingerprint density at radius 1 is 1.37 bits per heavy atom. The van der Waals surface area contributed by atoms with E-state index >= 15 is 0 Å². The molecule has 1 fully saturated rings. The SMILES string of the molecule is NCCn1cc(-c2nc(C(=O)Nc3cc(N)ccc3N3CCCC(N)C3)cs2)cn1. The highest BCUT2D eigenvalue weighted by atomic mass is 32.1. The summed E-state index contributed by atoms with van der Waals surface area (Å²) in [5, 5.41) is 9.71. The third-order valence-corrected chi connectivity index (χ3v) is 5.93. The van der Waals surface area contributed by atoms with Crippen LogP contribution in [0.25, 0.3) is 10.6 Å². The maximum atomic E-state index is 12.9. The minimum atomic E-state index is -0.278. The Morgan fingerprint density at radius 3 is 3.03 bits per heavy atom.